The molecule has 0 bridgehead atoms. The van der Waals surface area contributed by atoms with E-state index >= 15 is 0 Å². The number of nitrogens with one attached hydrogen (secondary N) is 2. The monoisotopic (exact) mass is 258 g/mol. The molecule has 0 atom stereocenters. The first-order valence-electron chi connectivity index (χ1n) is 5.40. The van der Waals surface area contributed by atoms with Crippen LogP contribution in [0.3, 0.4) is 0 Å². The van der Waals surface area contributed by atoms with Crippen molar-refractivity contribution in [1.29, 1.82) is 0 Å². The second kappa shape index (κ2) is 5.98. The summed E-state index contributed by atoms with van der Waals surface area (Å²) in [5.74, 6) is -0.0412. The summed E-state index contributed by atoms with van der Waals surface area (Å²) < 4.78 is 13.0. The largest absolute Gasteiger partial charge is 0.352 e. The number of hydrogen-bond acceptors (Lipinski definition) is 2. The summed E-state index contributed by atoms with van der Waals surface area (Å²) in [5, 5.41) is 5.89. The Kier molecular flexibility index (Phi) is 4.90. The van der Waals surface area contributed by atoms with Crippen molar-refractivity contribution < 1.29 is 9.18 Å². The van der Waals surface area contributed by atoms with Crippen LogP contribution in [0.15, 0.2) is 18.2 Å². The fourth-order valence-electron chi connectivity index (χ4n) is 1.62. The number of carbonyl (C=O) groups excluding carboxylic acids is 1. The SMILES string of the molecule is Cc1cc(CNC(=O)C2CNC2)ccc1F.Cl. The normalized spacial score (nSPS) is 14.7. The van der Waals surface area contributed by atoms with Crippen LogP contribution in [0.5, 0.6) is 0 Å². The van der Waals surface area contributed by atoms with Gasteiger partial charge in [-0.1, -0.05) is 12.1 Å². The van der Waals surface area contributed by atoms with Gasteiger partial charge in [-0.3, -0.25) is 4.79 Å². The lowest BCUT2D eigenvalue weighted by atomic mass is 10.0. The van der Waals surface area contributed by atoms with Crippen LogP contribution in [0.25, 0.3) is 0 Å². The van der Waals surface area contributed by atoms with Gasteiger partial charge in [0, 0.05) is 19.6 Å². The average Bonchev–Trinajstić information content (AvgIpc) is 2.17. The molecule has 0 unspecified atom stereocenters. The van der Waals surface area contributed by atoms with Crippen molar-refractivity contribution in [3.63, 3.8) is 0 Å². The second-order valence-corrected chi connectivity index (χ2v) is 4.16. The Morgan fingerprint density at radius 2 is 2.24 bits per heavy atom. The van der Waals surface area contributed by atoms with Crippen LogP contribution in [-0.4, -0.2) is 19.0 Å². The van der Waals surface area contributed by atoms with Crippen molar-refractivity contribution in [3.8, 4) is 0 Å². The summed E-state index contributed by atoms with van der Waals surface area (Å²) >= 11 is 0. The summed E-state index contributed by atoms with van der Waals surface area (Å²) in [6.07, 6.45) is 0. The summed E-state index contributed by atoms with van der Waals surface area (Å²) in [5.41, 5.74) is 1.54. The highest BCUT2D eigenvalue weighted by molar-refractivity contribution is 5.85. The molecule has 94 valence electrons. The van der Waals surface area contributed by atoms with Crippen LogP contribution in [0.1, 0.15) is 11.1 Å². The molecule has 1 aromatic rings. The molecule has 1 saturated heterocycles. The maximum absolute atomic E-state index is 13.0. The molecule has 17 heavy (non-hydrogen) atoms. The lowest BCUT2D eigenvalue weighted by Crippen LogP contribution is -2.50. The number of carbonyl (C=O) groups is 1. The number of hydrogen-bond donors (Lipinski definition) is 2. The highest BCUT2D eigenvalue weighted by Crippen LogP contribution is 2.09. The van der Waals surface area contributed by atoms with Crippen LogP contribution >= 0.6 is 12.4 Å². The van der Waals surface area contributed by atoms with Gasteiger partial charge in [0.1, 0.15) is 5.82 Å². The number of rotatable bonds is 3. The van der Waals surface area contributed by atoms with Crippen LogP contribution in [-0.2, 0) is 11.3 Å². The van der Waals surface area contributed by atoms with Gasteiger partial charge in [-0.2, -0.15) is 0 Å². The Morgan fingerprint density at radius 1 is 1.53 bits per heavy atom. The van der Waals surface area contributed by atoms with Crippen LogP contribution in [0.4, 0.5) is 4.39 Å². The van der Waals surface area contributed by atoms with E-state index in [4.69, 9.17) is 0 Å². The van der Waals surface area contributed by atoms with E-state index in [1.54, 1.807) is 19.1 Å². The van der Waals surface area contributed by atoms with E-state index in [0.29, 0.717) is 12.1 Å². The maximum Gasteiger partial charge on any atom is 0.225 e. The van der Waals surface area contributed by atoms with Gasteiger partial charge in [0.05, 0.1) is 5.92 Å². The second-order valence-electron chi connectivity index (χ2n) is 4.16. The van der Waals surface area contributed by atoms with E-state index < -0.39 is 0 Å². The van der Waals surface area contributed by atoms with Gasteiger partial charge in [0.2, 0.25) is 5.91 Å². The zero-order chi connectivity index (χ0) is 11.5. The molecular weight excluding hydrogens is 243 g/mol. The minimum absolute atomic E-state index is 0. The van der Waals surface area contributed by atoms with Gasteiger partial charge in [0.15, 0.2) is 0 Å². The van der Waals surface area contributed by atoms with Gasteiger partial charge in [-0.15, -0.1) is 12.4 Å². The van der Waals surface area contributed by atoms with Crippen LogP contribution in [0.2, 0.25) is 0 Å². The Morgan fingerprint density at radius 3 is 2.76 bits per heavy atom. The predicted molar refractivity (Wildman–Crippen MR) is 66.6 cm³/mol. The molecular formula is C12H16ClFN2O. The molecule has 1 heterocycles. The summed E-state index contributed by atoms with van der Waals surface area (Å²) in [6, 6.07) is 4.89. The lowest BCUT2D eigenvalue weighted by Gasteiger charge is -2.25. The highest BCUT2D eigenvalue weighted by Gasteiger charge is 2.24. The van der Waals surface area contributed by atoms with Gasteiger partial charge < -0.3 is 10.6 Å². The van der Waals surface area contributed by atoms with Gasteiger partial charge in [-0.25, -0.2) is 4.39 Å². The third-order valence-electron chi connectivity index (χ3n) is 2.84. The Labute approximate surface area is 106 Å². The molecule has 0 radical (unpaired) electrons. The van der Waals surface area contributed by atoms with E-state index in [-0.39, 0.29) is 30.0 Å². The molecule has 0 spiro atoms. The molecule has 0 aromatic heterocycles. The van der Waals surface area contributed by atoms with Crippen molar-refractivity contribution >= 4 is 18.3 Å². The molecule has 1 aliphatic rings. The van der Waals surface area contributed by atoms with E-state index in [1.165, 1.54) is 6.07 Å². The van der Waals surface area contributed by atoms with E-state index in [9.17, 15) is 9.18 Å². The first-order valence-corrected chi connectivity index (χ1v) is 5.40. The molecule has 0 saturated carbocycles. The molecule has 1 amide bonds. The third kappa shape index (κ3) is 3.41. The minimum atomic E-state index is -0.210. The number of aryl methyl sites for hydroxylation is 1. The Balaban J connectivity index is 0.00000144. The average molecular weight is 259 g/mol. The molecule has 5 heteroatoms. The number of amides is 1. The zero-order valence-electron chi connectivity index (χ0n) is 9.63. The Bertz CT molecular complexity index is 407. The summed E-state index contributed by atoms with van der Waals surface area (Å²) in [6.45, 7) is 3.70. The predicted octanol–water partition coefficient (Wildman–Crippen LogP) is 1.39. The van der Waals surface area contributed by atoms with Crippen LogP contribution < -0.4 is 10.6 Å². The molecule has 0 aliphatic carbocycles. The number of benzene rings is 1. The first-order chi connectivity index (χ1) is 7.66. The van der Waals surface area contributed by atoms with Crippen LogP contribution in [0, 0.1) is 18.7 Å². The highest BCUT2D eigenvalue weighted by atomic mass is 35.5. The van der Waals surface area contributed by atoms with Crippen molar-refractivity contribution in [2.75, 3.05) is 13.1 Å². The summed E-state index contributed by atoms with van der Waals surface area (Å²) in [7, 11) is 0. The van der Waals surface area contributed by atoms with Crippen molar-refractivity contribution in [1.82, 2.24) is 10.6 Å². The van der Waals surface area contributed by atoms with Gasteiger partial charge >= 0.3 is 0 Å². The standard InChI is InChI=1S/C12H15FN2O.ClH/c1-8-4-9(2-3-11(8)13)5-15-12(16)10-6-14-7-10;/h2-4,10,14H,5-7H2,1H3,(H,15,16);1H. The minimum Gasteiger partial charge on any atom is -0.352 e. The maximum atomic E-state index is 13.0. The van der Waals surface area contributed by atoms with Crippen molar-refractivity contribution in [3.05, 3.63) is 35.1 Å². The van der Waals surface area contributed by atoms with E-state index in [0.717, 1.165) is 18.7 Å². The first kappa shape index (κ1) is 13.9. The topological polar surface area (TPSA) is 41.1 Å². The molecule has 1 fully saturated rings. The molecule has 1 aromatic carbocycles. The Hall–Kier alpha value is -1.13. The molecule has 2 rings (SSSR count). The quantitative estimate of drug-likeness (QED) is 0.860. The van der Waals surface area contributed by atoms with E-state index in [2.05, 4.69) is 10.6 Å². The van der Waals surface area contributed by atoms with Crippen molar-refractivity contribution in [2.45, 2.75) is 13.5 Å². The number of halogens is 2. The fourth-order valence-corrected chi connectivity index (χ4v) is 1.62. The smallest absolute Gasteiger partial charge is 0.225 e. The zero-order valence-corrected chi connectivity index (χ0v) is 10.4. The molecule has 1 aliphatic heterocycles. The van der Waals surface area contributed by atoms with Crippen molar-refractivity contribution in [2.24, 2.45) is 5.92 Å². The fraction of sp³-hybridized carbons (Fsp3) is 0.417. The van der Waals surface area contributed by atoms with Gasteiger partial charge in [0.25, 0.3) is 0 Å². The van der Waals surface area contributed by atoms with E-state index in [1.807, 2.05) is 0 Å². The van der Waals surface area contributed by atoms with Gasteiger partial charge in [-0.05, 0) is 24.1 Å². The third-order valence-corrected chi connectivity index (χ3v) is 2.84. The summed E-state index contributed by atoms with van der Waals surface area (Å²) in [4.78, 5) is 11.5. The molecule has 3 nitrogen and oxygen atoms in total. The molecule has 2 N–H and O–H groups in total. The lowest BCUT2D eigenvalue weighted by molar-refractivity contribution is -0.126.